The van der Waals surface area contributed by atoms with Gasteiger partial charge in [0.15, 0.2) is 11.5 Å². The number of hydrogen-bond acceptors (Lipinski definition) is 5. The minimum Gasteiger partial charge on any atom is -0.454 e. The number of rotatable bonds is 3. The van der Waals surface area contributed by atoms with Crippen molar-refractivity contribution in [3.05, 3.63) is 48.5 Å². The van der Waals surface area contributed by atoms with Gasteiger partial charge in [-0.1, -0.05) is 0 Å². The summed E-state index contributed by atoms with van der Waals surface area (Å²) >= 11 is 0. The van der Waals surface area contributed by atoms with Gasteiger partial charge in [0.05, 0.1) is 5.52 Å². The number of carbonyl (C=O) groups excluding carboxylic acids is 1. The van der Waals surface area contributed by atoms with E-state index in [4.69, 9.17) is 14.5 Å². The van der Waals surface area contributed by atoms with Gasteiger partial charge in [-0.3, -0.25) is 0 Å². The molecule has 31 heavy (non-hydrogen) atoms. The van der Waals surface area contributed by atoms with E-state index in [2.05, 4.69) is 27.7 Å². The van der Waals surface area contributed by atoms with Gasteiger partial charge in [0, 0.05) is 35.4 Å². The van der Waals surface area contributed by atoms with Gasteiger partial charge in [-0.15, -0.1) is 0 Å². The third-order valence-corrected chi connectivity index (χ3v) is 6.57. The lowest BCUT2D eigenvalue weighted by molar-refractivity contribution is 0.174. The highest BCUT2D eigenvalue weighted by Gasteiger charge is 2.34. The maximum Gasteiger partial charge on any atom is 0.323 e. The molecule has 0 radical (unpaired) electrons. The van der Waals surface area contributed by atoms with Gasteiger partial charge in [-0.2, -0.15) is 0 Å². The Labute approximate surface area is 180 Å². The Morgan fingerprint density at radius 3 is 2.48 bits per heavy atom. The fraction of sp³-hybridized carbons (Fsp3) is 0.333. The van der Waals surface area contributed by atoms with E-state index in [9.17, 15) is 4.79 Å². The Balaban J connectivity index is 1.16. The second kappa shape index (κ2) is 7.34. The Bertz CT molecular complexity index is 1160. The van der Waals surface area contributed by atoms with Crippen LogP contribution in [0.4, 0.5) is 22.0 Å². The number of aromatic nitrogens is 1. The second-order valence-electron chi connectivity index (χ2n) is 8.55. The minimum atomic E-state index is -0.313. The molecule has 0 unspecified atom stereocenters. The van der Waals surface area contributed by atoms with Crippen molar-refractivity contribution in [1.29, 1.82) is 0 Å². The quantitative estimate of drug-likeness (QED) is 0.629. The molecule has 3 aliphatic heterocycles. The molecule has 1 aromatic heterocycles. The lowest BCUT2D eigenvalue weighted by Crippen LogP contribution is -2.48. The van der Waals surface area contributed by atoms with Crippen LogP contribution in [0.5, 0.6) is 11.5 Å². The number of amides is 2. The summed E-state index contributed by atoms with van der Waals surface area (Å²) in [5, 5.41) is 6.72. The number of carbonyl (C=O) groups is 1. The topological polar surface area (TPSA) is 75.7 Å². The lowest BCUT2D eigenvalue weighted by atomic mass is 9.80. The predicted molar refractivity (Wildman–Crippen MR) is 120 cm³/mol. The first kappa shape index (κ1) is 18.3. The molecular weight excluding hydrogens is 392 g/mol. The maximum absolute atomic E-state index is 12.4. The smallest absolute Gasteiger partial charge is 0.323 e. The number of ether oxygens (including phenoxy) is 2. The van der Waals surface area contributed by atoms with Crippen molar-refractivity contribution < 1.29 is 14.3 Å². The molecule has 0 atom stereocenters. The largest absolute Gasteiger partial charge is 0.454 e. The zero-order valence-electron chi connectivity index (χ0n) is 17.1. The molecule has 3 fully saturated rings. The molecule has 1 aliphatic carbocycles. The monoisotopic (exact) mass is 416 g/mol. The molecule has 7 nitrogen and oxygen atoms in total. The Hall–Kier alpha value is -3.48. The predicted octanol–water partition coefficient (Wildman–Crippen LogP) is 4.99. The molecular formula is C24H24N4O3. The molecule has 4 heterocycles. The van der Waals surface area contributed by atoms with Crippen LogP contribution >= 0.6 is 0 Å². The molecule has 7 rings (SSSR count). The van der Waals surface area contributed by atoms with Crippen molar-refractivity contribution in [2.75, 3.05) is 28.9 Å². The van der Waals surface area contributed by atoms with E-state index in [0.29, 0.717) is 23.2 Å². The summed E-state index contributed by atoms with van der Waals surface area (Å²) in [4.78, 5) is 19.8. The van der Waals surface area contributed by atoms with Crippen LogP contribution in [0.15, 0.2) is 48.5 Å². The van der Waals surface area contributed by atoms with E-state index in [1.54, 1.807) is 18.2 Å². The van der Waals surface area contributed by atoms with Crippen molar-refractivity contribution in [3.63, 3.8) is 0 Å². The van der Waals surface area contributed by atoms with E-state index in [0.717, 1.165) is 34.9 Å². The van der Waals surface area contributed by atoms with Crippen LogP contribution in [-0.2, 0) is 0 Å². The number of piperidine rings is 2. The Kier molecular flexibility index (Phi) is 4.33. The molecule has 158 valence electrons. The minimum absolute atomic E-state index is 0.205. The molecule has 2 aromatic carbocycles. The number of nitrogens with zero attached hydrogens (tertiary/aromatic N) is 2. The van der Waals surface area contributed by atoms with Gasteiger partial charge in [-0.25, -0.2) is 9.78 Å². The highest BCUT2D eigenvalue weighted by atomic mass is 16.7. The number of pyridine rings is 1. The fourth-order valence-corrected chi connectivity index (χ4v) is 4.97. The van der Waals surface area contributed by atoms with Crippen molar-refractivity contribution in [2.45, 2.75) is 31.7 Å². The van der Waals surface area contributed by atoms with Crippen molar-refractivity contribution in [2.24, 2.45) is 5.92 Å². The highest BCUT2D eigenvalue weighted by molar-refractivity contribution is 6.01. The Morgan fingerprint density at radius 2 is 1.68 bits per heavy atom. The summed E-state index contributed by atoms with van der Waals surface area (Å²) in [6, 6.07) is 15.7. The van der Waals surface area contributed by atoms with Crippen LogP contribution in [0.25, 0.3) is 10.9 Å². The van der Waals surface area contributed by atoms with E-state index >= 15 is 0 Å². The first-order valence-electron chi connectivity index (χ1n) is 10.9. The summed E-state index contributed by atoms with van der Waals surface area (Å²) in [7, 11) is 0. The van der Waals surface area contributed by atoms with Gasteiger partial charge >= 0.3 is 6.03 Å². The molecule has 1 saturated carbocycles. The number of urea groups is 1. The second-order valence-corrected chi connectivity index (χ2v) is 8.55. The summed E-state index contributed by atoms with van der Waals surface area (Å²) < 4.78 is 10.6. The normalized spacial score (nSPS) is 21.4. The van der Waals surface area contributed by atoms with Crippen LogP contribution in [0.2, 0.25) is 0 Å². The average Bonchev–Trinajstić information content (AvgIpc) is 3.27. The first-order valence-corrected chi connectivity index (χ1v) is 10.9. The zero-order chi connectivity index (χ0) is 20.8. The summed E-state index contributed by atoms with van der Waals surface area (Å²) in [5.41, 5.74) is 2.31. The van der Waals surface area contributed by atoms with Gasteiger partial charge in [0.25, 0.3) is 0 Å². The van der Waals surface area contributed by atoms with E-state index in [1.165, 1.54) is 25.7 Å². The van der Waals surface area contributed by atoms with Crippen LogP contribution in [0.1, 0.15) is 25.7 Å². The van der Waals surface area contributed by atoms with Gasteiger partial charge in [0.1, 0.15) is 5.82 Å². The third kappa shape index (κ3) is 3.50. The summed E-state index contributed by atoms with van der Waals surface area (Å²) in [5.74, 6) is 3.21. The third-order valence-electron chi connectivity index (χ3n) is 6.57. The Morgan fingerprint density at radius 1 is 0.903 bits per heavy atom. The molecule has 2 saturated heterocycles. The van der Waals surface area contributed by atoms with Crippen molar-refractivity contribution in [1.82, 2.24) is 4.98 Å². The number of hydrogen-bond donors (Lipinski definition) is 2. The summed E-state index contributed by atoms with van der Waals surface area (Å²) in [6.45, 7) is 1.33. The molecule has 7 heteroatoms. The van der Waals surface area contributed by atoms with Crippen LogP contribution in [0.3, 0.4) is 0 Å². The van der Waals surface area contributed by atoms with Crippen LogP contribution in [0, 0.1) is 5.92 Å². The van der Waals surface area contributed by atoms with Crippen LogP contribution < -0.4 is 25.0 Å². The fourth-order valence-electron chi connectivity index (χ4n) is 4.97. The molecule has 4 aliphatic rings. The SMILES string of the molecule is O=C(Nc1ccc2c(c1)OCO2)Nc1ccc2nc(N3CC4CCC3CC4)ccc2c1. The van der Waals surface area contributed by atoms with Crippen LogP contribution in [-0.4, -0.2) is 30.4 Å². The highest BCUT2D eigenvalue weighted by Crippen LogP contribution is 2.38. The molecule has 0 spiro atoms. The standard InChI is InChI=1S/C24H24N4O3/c29-24(26-18-5-9-21-22(12-18)31-14-30-21)25-17-4-8-20-16(11-17)3-10-23(27-20)28-13-15-1-6-19(28)7-2-15/h3-5,8-12,15,19H,1-2,6-7,13-14H2,(H2,25,26,29). The number of benzene rings is 2. The number of nitrogens with one attached hydrogen (secondary N) is 2. The molecule has 3 aromatic rings. The average molecular weight is 416 g/mol. The number of fused-ring (bicyclic) bond motifs is 5. The molecule has 2 bridgehead atoms. The first-order chi connectivity index (χ1) is 15.2. The molecule has 2 N–H and O–H groups in total. The van der Waals surface area contributed by atoms with Gasteiger partial charge in [0.2, 0.25) is 6.79 Å². The van der Waals surface area contributed by atoms with Gasteiger partial charge in [-0.05, 0) is 74.1 Å². The lowest BCUT2D eigenvalue weighted by Gasteiger charge is -2.46. The van der Waals surface area contributed by atoms with E-state index in [-0.39, 0.29) is 12.8 Å². The van der Waals surface area contributed by atoms with Crippen molar-refractivity contribution in [3.8, 4) is 11.5 Å². The molecule has 2 amide bonds. The van der Waals surface area contributed by atoms with E-state index in [1.807, 2.05) is 18.2 Å². The van der Waals surface area contributed by atoms with Gasteiger partial charge < -0.3 is 25.0 Å². The zero-order valence-corrected chi connectivity index (χ0v) is 17.1. The van der Waals surface area contributed by atoms with E-state index < -0.39 is 0 Å². The number of anilines is 3. The van der Waals surface area contributed by atoms with Crippen molar-refractivity contribution >= 4 is 34.1 Å². The summed E-state index contributed by atoms with van der Waals surface area (Å²) in [6.07, 6.45) is 5.29. The maximum atomic E-state index is 12.4.